The number of hydrogen-bond acceptors (Lipinski definition) is 3. The van der Waals surface area contributed by atoms with Crippen LogP contribution < -0.4 is 0 Å². The Morgan fingerprint density at radius 2 is 0.735 bits per heavy atom. The van der Waals surface area contributed by atoms with E-state index in [-0.39, 0.29) is 0 Å². The van der Waals surface area contributed by atoms with E-state index in [9.17, 15) is 0 Å². The van der Waals surface area contributed by atoms with Gasteiger partial charge in [-0.15, -0.1) is 11.3 Å². The Morgan fingerprint density at radius 1 is 0.309 bits per heavy atom. The number of rotatable bonds is 6. The Labute approximate surface area is 399 Å². The van der Waals surface area contributed by atoms with Crippen molar-refractivity contribution < 1.29 is 8.83 Å². The van der Waals surface area contributed by atoms with Gasteiger partial charge in [0.05, 0.1) is 0 Å². The Morgan fingerprint density at radius 3 is 1.25 bits per heavy atom. The first-order valence-electron chi connectivity index (χ1n) is 23.5. The number of benzene rings is 10. The highest BCUT2D eigenvalue weighted by molar-refractivity contribution is 7.26. The third-order valence-electron chi connectivity index (χ3n) is 14.6. The molecule has 2 nitrogen and oxygen atoms in total. The summed E-state index contributed by atoms with van der Waals surface area (Å²) in [6, 6.07) is 68.8. The first-order valence-corrected chi connectivity index (χ1v) is 24.3. The normalized spacial score (nSPS) is 11.9. The quantitative estimate of drug-likeness (QED) is 0.166. The summed E-state index contributed by atoms with van der Waals surface area (Å²) < 4.78 is 16.1. The molecule has 0 radical (unpaired) electrons. The van der Waals surface area contributed by atoms with E-state index in [0.29, 0.717) is 0 Å². The number of fused-ring (bicyclic) bond motifs is 9. The van der Waals surface area contributed by atoms with Gasteiger partial charge >= 0.3 is 0 Å². The van der Waals surface area contributed by atoms with Crippen LogP contribution in [0.25, 0.3) is 131 Å². The van der Waals surface area contributed by atoms with Gasteiger partial charge in [-0.3, -0.25) is 0 Å². The van der Waals surface area contributed by atoms with Crippen molar-refractivity contribution in [1.82, 2.24) is 0 Å². The van der Waals surface area contributed by atoms with E-state index in [1.165, 1.54) is 92.5 Å². The van der Waals surface area contributed by atoms with Crippen LogP contribution in [-0.4, -0.2) is 0 Å². The SMILES string of the molecule is Cc1ccccc1-c1cccc2c1oc1ccc(-c3cc(-c4ccc5oc6c(-c7ccccc7C)cccc6c5c4)c(C)c(-c4ccc5sc6c(-c7ccccc7C)cccc6c5c4)c3C)cc12. The first-order chi connectivity index (χ1) is 33.3. The van der Waals surface area contributed by atoms with Crippen LogP contribution in [-0.2, 0) is 0 Å². The third kappa shape index (κ3) is 6.23. The Balaban J connectivity index is 1.03. The number of furan rings is 2. The lowest BCUT2D eigenvalue weighted by Crippen LogP contribution is -1.96. The lowest BCUT2D eigenvalue weighted by Gasteiger charge is -2.20. The smallest absolute Gasteiger partial charge is 0.143 e. The summed E-state index contributed by atoms with van der Waals surface area (Å²) in [6.45, 7) is 11.2. The minimum absolute atomic E-state index is 0.886. The van der Waals surface area contributed by atoms with Gasteiger partial charge in [0.2, 0.25) is 0 Å². The predicted octanol–water partition coefficient (Wildman–Crippen LogP) is 19.4. The zero-order chi connectivity index (χ0) is 45.8. The van der Waals surface area contributed by atoms with Crippen molar-refractivity contribution in [3.8, 4) is 66.8 Å². The Bertz CT molecular complexity index is 4020. The molecule has 0 aliphatic heterocycles. The van der Waals surface area contributed by atoms with Gasteiger partial charge in [-0.05, 0) is 161 Å². The summed E-state index contributed by atoms with van der Waals surface area (Å²) in [5, 5.41) is 7.05. The average molecular weight is 891 g/mol. The van der Waals surface area contributed by atoms with E-state index >= 15 is 0 Å². The van der Waals surface area contributed by atoms with Crippen LogP contribution in [0.2, 0.25) is 0 Å². The van der Waals surface area contributed by atoms with Crippen LogP contribution in [0, 0.1) is 34.6 Å². The van der Waals surface area contributed by atoms with Gasteiger partial charge in [0.25, 0.3) is 0 Å². The van der Waals surface area contributed by atoms with Crippen molar-refractivity contribution >= 4 is 75.4 Å². The molecule has 0 atom stereocenters. The summed E-state index contributed by atoms with van der Waals surface area (Å²) in [5.74, 6) is 0. The average Bonchev–Trinajstić information content (AvgIpc) is 4.06. The second kappa shape index (κ2) is 15.6. The molecule has 0 unspecified atom stereocenters. The minimum Gasteiger partial charge on any atom is -0.455 e. The Kier molecular flexibility index (Phi) is 9.22. The van der Waals surface area contributed by atoms with E-state index in [1.807, 2.05) is 11.3 Å². The Hall–Kier alpha value is -7.98. The van der Waals surface area contributed by atoms with Gasteiger partial charge in [-0.1, -0.05) is 146 Å². The number of hydrogen-bond donors (Lipinski definition) is 0. The molecule has 3 aromatic heterocycles. The van der Waals surface area contributed by atoms with Crippen LogP contribution in [0.5, 0.6) is 0 Å². The van der Waals surface area contributed by atoms with Gasteiger partial charge in [0.15, 0.2) is 0 Å². The maximum atomic E-state index is 6.73. The van der Waals surface area contributed by atoms with E-state index in [2.05, 4.69) is 223 Å². The molecule has 324 valence electrons. The largest absolute Gasteiger partial charge is 0.455 e. The summed E-state index contributed by atoms with van der Waals surface area (Å²) >= 11 is 1.89. The van der Waals surface area contributed by atoms with Crippen LogP contribution in [0.4, 0.5) is 0 Å². The number of aryl methyl sites for hydroxylation is 3. The van der Waals surface area contributed by atoms with Crippen LogP contribution in [0.1, 0.15) is 27.8 Å². The van der Waals surface area contributed by atoms with Crippen molar-refractivity contribution in [3.63, 3.8) is 0 Å². The molecule has 0 N–H and O–H groups in total. The van der Waals surface area contributed by atoms with E-state index in [4.69, 9.17) is 8.83 Å². The van der Waals surface area contributed by atoms with Crippen molar-refractivity contribution in [2.75, 3.05) is 0 Å². The monoisotopic (exact) mass is 890 g/mol. The number of thiophene rings is 1. The molecular weight excluding hydrogens is 845 g/mol. The second-order valence-electron chi connectivity index (χ2n) is 18.5. The molecule has 13 aromatic rings. The molecule has 0 aliphatic rings. The molecule has 0 saturated carbocycles. The lowest BCUT2D eigenvalue weighted by atomic mass is 9.83. The zero-order valence-corrected chi connectivity index (χ0v) is 39.4. The third-order valence-corrected chi connectivity index (χ3v) is 15.8. The maximum Gasteiger partial charge on any atom is 0.143 e. The van der Waals surface area contributed by atoms with E-state index in [0.717, 1.165) is 66.1 Å². The van der Waals surface area contributed by atoms with Crippen LogP contribution >= 0.6 is 11.3 Å². The molecule has 0 amide bonds. The molecule has 0 fully saturated rings. The lowest BCUT2D eigenvalue weighted by molar-refractivity contribution is 0.669. The molecule has 0 aliphatic carbocycles. The molecule has 0 bridgehead atoms. The molecule has 3 heteroatoms. The molecule has 10 aromatic carbocycles. The minimum atomic E-state index is 0.886. The fourth-order valence-electron chi connectivity index (χ4n) is 11.1. The second-order valence-corrected chi connectivity index (χ2v) is 19.6. The highest BCUT2D eigenvalue weighted by atomic mass is 32.1. The van der Waals surface area contributed by atoms with Gasteiger partial charge < -0.3 is 8.83 Å². The van der Waals surface area contributed by atoms with Crippen molar-refractivity contribution in [3.05, 3.63) is 216 Å². The molecule has 0 spiro atoms. The molecular formula is C65H46O2S. The highest BCUT2D eigenvalue weighted by Crippen LogP contribution is 2.47. The molecule has 68 heavy (non-hydrogen) atoms. The predicted molar refractivity (Wildman–Crippen MR) is 290 cm³/mol. The standard InChI is InChI=1S/C65H46O2S/c1-37-15-6-9-18-45(37)48-21-12-23-50-56-33-42(27-30-59(56)66-63(48)50)54-36-55(43-28-31-60-57(34-43)51-24-13-22-49(64(51)67-60)46-19-10-7-16-38(46)2)41(5)62(40(54)4)44-29-32-61-58(35-44)53-26-14-25-52(65(53)68-61)47-20-11-8-17-39(47)3/h6-36H,1-5H3. The summed E-state index contributed by atoms with van der Waals surface area (Å²) in [5.41, 5.74) is 24.2. The maximum absolute atomic E-state index is 6.73. The first kappa shape index (κ1) is 40.3. The summed E-state index contributed by atoms with van der Waals surface area (Å²) in [4.78, 5) is 0. The topological polar surface area (TPSA) is 26.3 Å². The fraction of sp³-hybridized carbons (Fsp3) is 0.0769. The zero-order valence-electron chi connectivity index (χ0n) is 38.6. The fourth-order valence-corrected chi connectivity index (χ4v) is 12.3. The van der Waals surface area contributed by atoms with Crippen molar-refractivity contribution in [2.24, 2.45) is 0 Å². The molecule has 3 heterocycles. The van der Waals surface area contributed by atoms with Crippen molar-refractivity contribution in [2.45, 2.75) is 34.6 Å². The molecule has 0 saturated heterocycles. The van der Waals surface area contributed by atoms with Gasteiger partial charge in [0, 0.05) is 52.8 Å². The van der Waals surface area contributed by atoms with E-state index < -0.39 is 0 Å². The number of para-hydroxylation sites is 2. The highest BCUT2D eigenvalue weighted by Gasteiger charge is 2.22. The molecule has 13 rings (SSSR count). The van der Waals surface area contributed by atoms with Crippen LogP contribution in [0.3, 0.4) is 0 Å². The summed E-state index contributed by atoms with van der Waals surface area (Å²) in [7, 11) is 0. The van der Waals surface area contributed by atoms with Crippen molar-refractivity contribution in [1.29, 1.82) is 0 Å². The van der Waals surface area contributed by atoms with E-state index in [1.54, 1.807) is 0 Å². The van der Waals surface area contributed by atoms with Gasteiger partial charge in [-0.2, -0.15) is 0 Å². The van der Waals surface area contributed by atoms with Crippen LogP contribution in [0.15, 0.2) is 197 Å². The van der Waals surface area contributed by atoms with Gasteiger partial charge in [-0.25, -0.2) is 0 Å². The summed E-state index contributed by atoms with van der Waals surface area (Å²) in [6.07, 6.45) is 0. The van der Waals surface area contributed by atoms with Gasteiger partial charge in [0.1, 0.15) is 22.3 Å².